The van der Waals surface area contributed by atoms with E-state index in [9.17, 15) is 4.79 Å². The fourth-order valence-electron chi connectivity index (χ4n) is 1.40. The number of rotatable bonds is 3. The van der Waals surface area contributed by atoms with Gasteiger partial charge in [0.15, 0.2) is 0 Å². The van der Waals surface area contributed by atoms with Gasteiger partial charge in [0, 0.05) is 5.69 Å². The molecular formula is C12H15NO2. The van der Waals surface area contributed by atoms with Crippen molar-refractivity contribution in [3.05, 3.63) is 34.9 Å². The van der Waals surface area contributed by atoms with Crippen LogP contribution in [0.4, 0.5) is 5.69 Å². The smallest absolute Gasteiger partial charge is 0.307 e. The van der Waals surface area contributed by atoms with Crippen molar-refractivity contribution in [3.63, 3.8) is 0 Å². The van der Waals surface area contributed by atoms with Crippen molar-refractivity contribution in [2.45, 2.75) is 20.3 Å². The van der Waals surface area contributed by atoms with Gasteiger partial charge in [0.25, 0.3) is 0 Å². The fourth-order valence-corrected chi connectivity index (χ4v) is 1.40. The zero-order valence-corrected chi connectivity index (χ0v) is 8.95. The molecule has 0 radical (unpaired) electrons. The first-order valence-corrected chi connectivity index (χ1v) is 4.75. The summed E-state index contributed by atoms with van der Waals surface area (Å²) in [5, 5.41) is 8.47. The topological polar surface area (TPSA) is 63.3 Å². The van der Waals surface area contributed by atoms with Gasteiger partial charge in [-0.05, 0) is 42.7 Å². The number of carboxylic acid groups (broad SMARTS) is 1. The average molecular weight is 205 g/mol. The van der Waals surface area contributed by atoms with Crippen molar-refractivity contribution >= 4 is 17.7 Å². The van der Waals surface area contributed by atoms with Gasteiger partial charge in [-0.1, -0.05) is 12.2 Å². The second kappa shape index (κ2) is 4.64. The summed E-state index contributed by atoms with van der Waals surface area (Å²) < 4.78 is 0. The fraction of sp³-hybridized carbons (Fsp3) is 0.250. The van der Waals surface area contributed by atoms with Crippen LogP contribution < -0.4 is 5.73 Å². The highest BCUT2D eigenvalue weighted by Crippen LogP contribution is 2.19. The minimum absolute atomic E-state index is 0.0441. The highest BCUT2D eigenvalue weighted by atomic mass is 16.4. The van der Waals surface area contributed by atoms with Crippen molar-refractivity contribution in [3.8, 4) is 0 Å². The molecule has 1 aromatic carbocycles. The molecule has 0 amide bonds. The molecule has 15 heavy (non-hydrogen) atoms. The molecule has 0 unspecified atom stereocenters. The first-order chi connectivity index (χ1) is 7.00. The monoisotopic (exact) mass is 205 g/mol. The second-order valence-electron chi connectivity index (χ2n) is 3.57. The van der Waals surface area contributed by atoms with Crippen LogP contribution in [0.5, 0.6) is 0 Å². The lowest BCUT2D eigenvalue weighted by Crippen LogP contribution is -1.94. The zero-order chi connectivity index (χ0) is 11.4. The maximum Gasteiger partial charge on any atom is 0.307 e. The number of benzene rings is 1. The highest BCUT2D eigenvalue weighted by Gasteiger charge is 1.99. The molecule has 0 aliphatic rings. The van der Waals surface area contributed by atoms with Gasteiger partial charge >= 0.3 is 5.97 Å². The first-order valence-electron chi connectivity index (χ1n) is 4.75. The van der Waals surface area contributed by atoms with Crippen LogP contribution in [0.25, 0.3) is 6.08 Å². The molecule has 3 nitrogen and oxygen atoms in total. The number of hydrogen-bond donors (Lipinski definition) is 2. The van der Waals surface area contributed by atoms with Crippen LogP contribution in [0.3, 0.4) is 0 Å². The molecule has 0 aliphatic heterocycles. The maximum atomic E-state index is 10.3. The maximum absolute atomic E-state index is 10.3. The summed E-state index contributed by atoms with van der Waals surface area (Å²) >= 11 is 0. The van der Waals surface area contributed by atoms with E-state index in [0.29, 0.717) is 0 Å². The van der Waals surface area contributed by atoms with Gasteiger partial charge in [-0.15, -0.1) is 0 Å². The zero-order valence-electron chi connectivity index (χ0n) is 8.95. The van der Waals surface area contributed by atoms with Crippen molar-refractivity contribution in [1.29, 1.82) is 0 Å². The lowest BCUT2D eigenvalue weighted by Gasteiger charge is -2.05. The van der Waals surface area contributed by atoms with E-state index in [1.54, 1.807) is 12.2 Å². The second-order valence-corrected chi connectivity index (χ2v) is 3.57. The Morgan fingerprint density at radius 2 is 1.93 bits per heavy atom. The van der Waals surface area contributed by atoms with Gasteiger partial charge < -0.3 is 10.8 Å². The molecule has 1 aromatic rings. The molecular weight excluding hydrogens is 190 g/mol. The summed E-state index contributed by atoms with van der Waals surface area (Å²) in [7, 11) is 0. The Hall–Kier alpha value is -1.77. The Bertz CT molecular complexity index is 385. The van der Waals surface area contributed by atoms with Crippen LogP contribution in [0.1, 0.15) is 23.1 Å². The third-order valence-corrected chi connectivity index (χ3v) is 2.22. The Labute approximate surface area is 89.2 Å². The predicted octanol–water partition coefficient (Wildman–Crippen LogP) is 2.37. The molecule has 0 heterocycles. The van der Waals surface area contributed by atoms with Crippen LogP contribution in [0.15, 0.2) is 18.2 Å². The van der Waals surface area contributed by atoms with Crippen LogP contribution in [-0.2, 0) is 4.79 Å². The third kappa shape index (κ3) is 3.13. The minimum Gasteiger partial charge on any atom is -0.481 e. The van der Waals surface area contributed by atoms with E-state index >= 15 is 0 Å². The van der Waals surface area contributed by atoms with Gasteiger partial charge in [-0.3, -0.25) is 4.79 Å². The number of hydrogen-bond acceptors (Lipinski definition) is 2. The molecule has 3 N–H and O–H groups in total. The summed E-state index contributed by atoms with van der Waals surface area (Å²) in [6.45, 7) is 3.88. The van der Waals surface area contributed by atoms with E-state index in [1.807, 2.05) is 26.0 Å². The molecule has 3 heteroatoms. The molecule has 0 aliphatic carbocycles. The van der Waals surface area contributed by atoms with Crippen LogP contribution in [0.2, 0.25) is 0 Å². The molecule has 0 saturated heterocycles. The van der Waals surface area contributed by atoms with Crippen molar-refractivity contribution in [2.75, 3.05) is 5.73 Å². The average Bonchev–Trinajstić information content (AvgIpc) is 2.13. The molecule has 0 bridgehead atoms. The Morgan fingerprint density at radius 3 is 2.40 bits per heavy atom. The van der Waals surface area contributed by atoms with E-state index in [-0.39, 0.29) is 6.42 Å². The number of carboxylic acids is 1. The van der Waals surface area contributed by atoms with Crippen LogP contribution in [-0.4, -0.2) is 11.1 Å². The van der Waals surface area contributed by atoms with Crippen LogP contribution >= 0.6 is 0 Å². The SMILES string of the molecule is Cc1cc(C=CCC(=O)O)cc(C)c1N. The van der Waals surface area contributed by atoms with Gasteiger partial charge in [-0.2, -0.15) is 0 Å². The molecule has 80 valence electrons. The van der Waals surface area contributed by atoms with E-state index in [0.717, 1.165) is 22.4 Å². The summed E-state index contributed by atoms with van der Waals surface area (Å²) in [6.07, 6.45) is 3.47. The number of aryl methyl sites for hydroxylation is 2. The Morgan fingerprint density at radius 1 is 1.40 bits per heavy atom. The van der Waals surface area contributed by atoms with Gasteiger partial charge in [-0.25, -0.2) is 0 Å². The minimum atomic E-state index is -0.824. The highest BCUT2D eigenvalue weighted by molar-refractivity contribution is 5.71. The summed E-state index contributed by atoms with van der Waals surface area (Å²) in [5.41, 5.74) is 9.63. The van der Waals surface area contributed by atoms with Gasteiger partial charge in [0.1, 0.15) is 0 Å². The number of carbonyl (C=O) groups is 1. The molecule has 0 atom stereocenters. The van der Waals surface area contributed by atoms with E-state index in [2.05, 4.69) is 0 Å². The first kappa shape index (κ1) is 11.3. The summed E-state index contributed by atoms with van der Waals surface area (Å²) in [4.78, 5) is 10.3. The van der Waals surface area contributed by atoms with Gasteiger partial charge in [0.2, 0.25) is 0 Å². The van der Waals surface area contributed by atoms with E-state index in [1.165, 1.54) is 0 Å². The third-order valence-electron chi connectivity index (χ3n) is 2.22. The molecule has 0 spiro atoms. The molecule has 0 saturated carbocycles. The Balaban J connectivity index is 2.87. The molecule has 1 rings (SSSR count). The predicted molar refractivity (Wildman–Crippen MR) is 61.6 cm³/mol. The van der Waals surface area contributed by atoms with Crippen LogP contribution in [0, 0.1) is 13.8 Å². The quantitative estimate of drug-likeness (QED) is 0.744. The number of nitrogen functional groups attached to an aromatic ring is 1. The van der Waals surface area contributed by atoms with Crippen molar-refractivity contribution < 1.29 is 9.90 Å². The number of aliphatic carboxylic acids is 1. The van der Waals surface area contributed by atoms with Crippen molar-refractivity contribution in [2.24, 2.45) is 0 Å². The molecule has 0 fully saturated rings. The number of nitrogens with two attached hydrogens (primary N) is 1. The van der Waals surface area contributed by atoms with Gasteiger partial charge in [0.05, 0.1) is 6.42 Å². The Kier molecular flexibility index (Phi) is 3.50. The van der Waals surface area contributed by atoms with Crippen molar-refractivity contribution in [1.82, 2.24) is 0 Å². The molecule has 0 aromatic heterocycles. The summed E-state index contributed by atoms with van der Waals surface area (Å²) in [6, 6.07) is 3.89. The number of anilines is 1. The lowest BCUT2D eigenvalue weighted by molar-refractivity contribution is -0.135. The van der Waals surface area contributed by atoms with E-state index in [4.69, 9.17) is 10.8 Å². The normalized spacial score (nSPS) is 10.8. The lowest BCUT2D eigenvalue weighted by atomic mass is 10.0. The standard InChI is InChI=1S/C12H15NO2/c1-8-6-10(4-3-5-11(14)15)7-9(2)12(8)13/h3-4,6-7H,5,13H2,1-2H3,(H,14,15). The summed E-state index contributed by atoms with van der Waals surface area (Å²) in [5.74, 6) is -0.824. The van der Waals surface area contributed by atoms with E-state index < -0.39 is 5.97 Å². The largest absolute Gasteiger partial charge is 0.481 e.